The Labute approximate surface area is 201 Å². The van der Waals surface area contributed by atoms with Crippen LogP contribution in [0.4, 0.5) is 10.1 Å². The van der Waals surface area contributed by atoms with E-state index >= 15 is 0 Å². The lowest BCUT2D eigenvalue weighted by molar-refractivity contribution is 0.0692. The smallest absolute Gasteiger partial charge is 0.338 e. The van der Waals surface area contributed by atoms with Crippen molar-refractivity contribution in [3.8, 4) is 0 Å². The van der Waals surface area contributed by atoms with Gasteiger partial charge in [-0.1, -0.05) is 64.6 Å². The highest BCUT2D eigenvalue weighted by Gasteiger charge is 2.28. The van der Waals surface area contributed by atoms with Crippen LogP contribution in [0.25, 0.3) is 0 Å². The Morgan fingerprint density at radius 3 is 2.03 bits per heavy atom. The molecule has 10 heteroatoms. The Morgan fingerprint density at radius 1 is 0.871 bits per heavy atom. The number of aromatic carboxylic acids is 1. The van der Waals surface area contributed by atoms with E-state index in [1.165, 1.54) is 17.8 Å². The number of carboxylic acids is 1. The van der Waals surface area contributed by atoms with Crippen molar-refractivity contribution >= 4 is 75.7 Å². The van der Waals surface area contributed by atoms with Gasteiger partial charge in [-0.3, -0.25) is 4.79 Å². The Morgan fingerprint density at radius 2 is 1.45 bits per heavy atom. The van der Waals surface area contributed by atoms with E-state index in [2.05, 4.69) is 5.32 Å². The predicted octanol–water partition coefficient (Wildman–Crippen LogP) is 7.68. The van der Waals surface area contributed by atoms with Gasteiger partial charge in [0.15, 0.2) is 0 Å². The van der Waals surface area contributed by atoms with Gasteiger partial charge in [-0.25, -0.2) is 9.18 Å². The van der Waals surface area contributed by atoms with Crippen LogP contribution in [0.15, 0.2) is 53.4 Å². The summed E-state index contributed by atoms with van der Waals surface area (Å²) in [5.74, 6) is -2.12. The van der Waals surface area contributed by atoms with Crippen molar-refractivity contribution < 1.29 is 19.1 Å². The predicted molar refractivity (Wildman–Crippen MR) is 124 cm³/mol. The summed E-state index contributed by atoms with van der Waals surface area (Å²) in [5.41, 5.74) is 0.0225. The summed E-state index contributed by atoms with van der Waals surface area (Å²) in [6, 6.07) is 13.2. The minimum atomic E-state index is -1.48. The van der Waals surface area contributed by atoms with Gasteiger partial charge in [-0.05, 0) is 35.9 Å². The Hall–Kier alpha value is -1.96. The van der Waals surface area contributed by atoms with E-state index in [0.717, 1.165) is 4.90 Å². The Bertz CT molecular complexity index is 1170. The number of benzene rings is 3. The number of carbonyl (C=O) groups is 2. The summed E-state index contributed by atoms with van der Waals surface area (Å²) in [6.07, 6.45) is 0. The molecule has 0 aliphatic carbocycles. The van der Waals surface area contributed by atoms with Gasteiger partial charge in [-0.15, -0.1) is 11.8 Å². The third-order valence-corrected chi connectivity index (χ3v) is 7.04. The average molecular weight is 519 g/mol. The summed E-state index contributed by atoms with van der Waals surface area (Å²) in [7, 11) is 0. The zero-order chi connectivity index (χ0) is 22.7. The van der Waals surface area contributed by atoms with E-state index in [1.807, 2.05) is 0 Å². The first-order valence-corrected chi connectivity index (χ1v) is 11.1. The number of rotatable bonds is 6. The fourth-order valence-corrected chi connectivity index (χ4v) is 4.55. The molecule has 160 valence electrons. The van der Waals surface area contributed by atoms with Gasteiger partial charge in [-0.2, -0.15) is 0 Å². The molecule has 0 bridgehead atoms. The van der Waals surface area contributed by atoms with Crippen molar-refractivity contribution in [2.75, 3.05) is 5.32 Å². The number of carbonyl (C=O) groups excluding carboxylic acids is 1. The van der Waals surface area contributed by atoms with Crippen molar-refractivity contribution in [3.63, 3.8) is 0 Å². The van der Waals surface area contributed by atoms with Gasteiger partial charge in [0, 0.05) is 16.3 Å². The summed E-state index contributed by atoms with van der Waals surface area (Å²) < 4.78 is 13.7. The normalized spacial score (nSPS) is 10.7. The van der Waals surface area contributed by atoms with E-state index in [4.69, 9.17) is 46.4 Å². The molecule has 0 fully saturated rings. The third kappa shape index (κ3) is 5.27. The van der Waals surface area contributed by atoms with E-state index in [9.17, 15) is 19.1 Å². The van der Waals surface area contributed by atoms with Crippen LogP contribution in [0, 0.1) is 5.82 Å². The quantitative estimate of drug-likeness (QED) is 0.199. The molecule has 0 aliphatic rings. The lowest BCUT2D eigenvalue weighted by Gasteiger charge is -2.14. The fourth-order valence-electron chi connectivity index (χ4n) is 2.65. The summed E-state index contributed by atoms with van der Waals surface area (Å²) >= 11 is 25.4. The van der Waals surface area contributed by atoms with E-state index < -0.39 is 23.0 Å². The lowest BCUT2D eigenvalue weighted by Crippen LogP contribution is -2.18. The number of thioether (sulfide) groups is 1. The number of halogens is 5. The van der Waals surface area contributed by atoms with Gasteiger partial charge in [0.1, 0.15) is 5.82 Å². The molecule has 3 aromatic rings. The minimum absolute atomic E-state index is 0.219. The largest absolute Gasteiger partial charge is 0.478 e. The highest BCUT2D eigenvalue weighted by Crippen LogP contribution is 2.41. The first kappa shape index (κ1) is 23.7. The van der Waals surface area contributed by atoms with Crippen LogP contribution < -0.4 is 5.32 Å². The molecular weight excluding hydrogens is 507 g/mol. The first-order valence-electron chi connectivity index (χ1n) is 8.57. The molecule has 0 heterocycles. The molecule has 0 atom stereocenters. The second-order valence-corrected chi connectivity index (χ2v) is 8.73. The standard InChI is InChI=1S/C21H12Cl4FNO3S/c22-16-14(15(21(29)30)17(23)19(25)18(16)24)20(28)27-11-5-7-12(8-6-11)31-9-10-3-1-2-4-13(10)26/h1-8H,9H2,(H,27,28)(H,29,30). The van der Waals surface area contributed by atoms with Crippen LogP contribution in [-0.2, 0) is 5.75 Å². The summed E-state index contributed by atoms with van der Waals surface area (Å²) in [5, 5.41) is 10.8. The number of nitrogens with one attached hydrogen (secondary N) is 1. The van der Waals surface area contributed by atoms with Crippen LogP contribution in [-0.4, -0.2) is 17.0 Å². The number of amides is 1. The molecule has 0 spiro atoms. The molecule has 0 unspecified atom stereocenters. The van der Waals surface area contributed by atoms with Crippen LogP contribution in [0.1, 0.15) is 26.3 Å². The zero-order valence-corrected chi connectivity index (χ0v) is 19.2. The third-order valence-electron chi connectivity index (χ3n) is 4.17. The fraction of sp³-hybridized carbons (Fsp3) is 0.0476. The van der Waals surface area contributed by atoms with Gasteiger partial charge in [0.05, 0.1) is 31.2 Å². The van der Waals surface area contributed by atoms with Crippen molar-refractivity contribution in [3.05, 3.63) is 91.1 Å². The molecular formula is C21H12Cl4FNO3S. The van der Waals surface area contributed by atoms with Crippen molar-refractivity contribution in [2.24, 2.45) is 0 Å². The van der Waals surface area contributed by atoms with Crippen LogP contribution in [0.3, 0.4) is 0 Å². The summed E-state index contributed by atoms with van der Waals surface area (Å²) in [4.78, 5) is 25.2. The van der Waals surface area contributed by atoms with Crippen LogP contribution in [0.2, 0.25) is 20.1 Å². The Balaban J connectivity index is 1.79. The number of hydrogen-bond acceptors (Lipinski definition) is 3. The molecule has 3 aromatic carbocycles. The average Bonchev–Trinajstić information content (AvgIpc) is 2.74. The molecule has 3 rings (SSSR count). The summed E-state index contributed by atoms with van der Waals surface area (Å²) in [6.45, 7) is 0. The highest BCUT2D eigenvalue weighted by atomic mass is 35.5. The lowest BCUT2D eigenvalue weighted by atomic mass is 10.1. The second kappa shape index (κ2) is 10.1. The molecule has 1 amide bonds. The number of hydrogen-bond donors (Lipinski definition) is 2. The molecule has 0 aliphatic heterocycles. The highest BCUT2D eigenvalue weighted by molar-refractivity contribution is 7.98. The molecule has 0 saturated carbocycles. The number of carboxylic acid groups (broad SMARTS) is 1. The molecule has 0 aromatic heterocycles. The maximum Gasteiger partial charge on any atom is 0.338 e. The molecule has 0 radical (unpaired) electrons. The molecule has 31 heavy (non-hydrogen) atoms. The van der Waals surface area contributed by atoms with Crippen molar-refractivity contribution in [1.29, 1.82) is 0 Å². The maximum absolute atomic E-state index is 13.7. The van der Waals surface area contributed by atoms with Crippen molar-refractivity contribution in [1.82, 2.24) is 0 Å². The monoisotopic (exact) mass is 517 g/mol. The maximum atomic E-state index is 13.7. The SMILES string of the molecule is O=C(O)c1c(Cl)c(Cl)c(Cl)c(Cl)c1C(=O)Nc1ccc(SCc2ccccc2F)cc1. The molecule has 0 saturated heterocycles. The molecule has 2 N–H and O–H groups in total. The topological polar surface area (TPSA) is 66.4 Å². The second-order valence-electron chi connectivity index (χ2n) is 6.17. The first-order chi connectivity index (χ1) is 14.7. The van der Waals surface area contributed by atoms with E-state index in [1.54, 1.807) is 42.5 Å². The van der Waals surface area contributed by atoms with E-state index in [-0.39, 0.29) is 25.9 Å². The van der Waals surface area contributed by atoms with Gasteiger partial charge < -0.3 is 10.4 Å². The van der Waals surface area contributed by atoms with Gasteiger partial charge in [0.25, 0.3) is 5.91 Å². The van der Waals surface area contributed by atoms with Crippen LogP contribution >= 0.6 is 58.2 Å². The minimum Gasteiger partial charge on any atom is -0.478 e. The van der Waals surface area contributed by atoms with Crippen LogP contribution in [0.5, 0.6) is 0 Å². The van der Waals surface area contributed by atoms with Gasteiger partial charge >= 0.3 is 5.97 Å². The number of anilines is 1. The van der Waals surface area contributed by atoms with Gasteiger partial charge in [0.2, 0.25) is 0 Å². The molecule has 4 nitrogen and oxygen atoms in total. The Kier molecular flexibility index (Phi) is 7.73. The van der Waals surface area contributed by atoms with E-state index in [0.29, 0.717) is 17.0 Å². The zero-order valence-electron chi connectivity index (χ0n) is 15.4. The van der Waals surface area contributed by atoms with Crippen molar-refractivity contribution in [2.45, 2.75) is 10.6 Å².